The summed E-state index contributed by atoms with van der Waals surface area (Å²) in [7, 11) is 0. The molecule has 2 aliphatic rings. The highest BCUT2D eigenvalue weighted by molar-refractivity contribution is 8.03. The lowest BCUT2D eigenvalue weighted by atomic mass is 10.0. The molecular formula is C14H20FNS. The van der Waals surface area contributed by atoms with Crippen LogP contribution in [-0.2, 0) is 0 Å². The maximum Gasteiger partial charge on any atom is 0.100 e. The molecule has 1 aliphatic carbocycles. The van der Waals surface area contributed by atoms with Crippen molar-refractivity contribution >= 4 is 11.8 Å². The summed E-state index contributed by atoms with van der Waals surface area (Å²) < 4.78 is 12.9. The smallest absolute Gasteiger partial charge is 0.100 e. The molecule has 1 aliphatic heterocycles. The van der Waals surface area contributed by atoms with E-state index in [-0.39, 0.29) is 5.83 Å². The van der Waals surface area contributed by atoms with Crippen LogP contribution in [0, 0.1) is 0 Å². The number of thioether (sulfide) groups is 1. The lowest BCUT2D eigenvalue weighted by molar-refractivity contribution is 0.574. The van der Waals surface area contributed by atoms with Crippen molar-refractivity contribution in [2.24, 2.45) is 0 Å². The number of hydrogen-bond acceptors (Lipinski definition) is 2. The average Bonchev–Trinajstić information content (AvgIpc) is 2.79. The summed E-state index contributed by atoms with van der Waals surface area (Å²) >= 11 is 1.82. The summed E-state index contributed by atoms with van der Waals surface area (Å²) in [5.74, 6) is 0.00729. The lowest BCUT2D eigenvalue weighted by Gasteiger charge is -2.18. The van der Waals surface area contributed by atoms with Gasteiger partial charge in [-0.2, -0.15) is 0 Å². The van der Waals surface area contributed by atoms with E-state index in [1.54, 1.807) is 6.08 Å². The van der Waals surface area contributed by atoms with Crippen LogP contribution in [0.1, 0.15) is 45.4 Å². The molecule has 17 heavy (non-hydrogen) atoms. The van der Waals surface area contributed by atoms with E-state index in [9.17, 15) is 4.39 Å². The Hall–Kier alpha value is -0.700. The molecule has 3 heteroatoms. The van der Waals surface area contributed by atoms with E-state index in [0.29, 0.717) is 11.8 Å². The molecule has 0 saturated carbocycles. The van der Waals surface area contributed by atoms with Gasteiger partial charge in [0.15, 0.2) is 0 Å². The summed E-state index contributed by atoms with van der Waals surface area (Å²) in [5.41, 5.74) is 2.67. The van der Waals surface area contributed by atoms with Gasteiger partial charge < -0.3 is 5.32 Å². The van der Waals surface area contributed by atoms with Crippen molar-refractivity contribution in [1.29, 1.82) is 0 Å². The van der Waals surface area contributed by atoms with Gasteiger partial charge in [0.25, 0.3) is 0 Å². The molecule has 0 fully saturated rings. The van der Waals surface area contributed by atoms with Gasteiger partial charge in [-0.3, -0.25) is 0 Å². The van der Waals surface area contributed by atoms with E-state index in [1.807, 2.05) is 17.8 Å². The summed E-state index contributed by atoms with van der Waals surface area (Å²) in [6.45, 7) is 2.22. The van der Waals surface area contributed by atoms with Crippen molar-refractivity contribution in [2.45, 2.75) is 50.8 Å². The highest BCUT2D eigenvalue weighted by Gasteiger charge is 2.21. The van der Waals surface area contributed by atoms with Crippen LogP contribution in [0.25, 0.3) is 0 Å². The molecule has 2 rings (SSSR count). The Balaban J connectivity index is 1.80. The fraction of sp³-hybridized carbons (Fsp3) is 0.571. The van der Waals surface area contributed by atoms with Gasteiger partial charge in [0.1, 0.15) is 5.83 Å². The van der Waals surface area contributed by atoms with E-state index < -0.39 is 0 Å². The molecule has 0 spiro atoms. The molecular weight excluding hydrogens is 233 g/mol. The van der Waals surface area contributed by atoms with Gasteiger partial charge in [-0.1, -0.05) is 25.8 Å². The summed E-state index contributed by atoms with van der Waals surface area (Å²) in [5, 5.41) is 6.11. The molecule has 1 atom stereocenters. The first-order chi connectivity index (χ1) is 8.29. The summed E-state index contributed by atoms with van der Waals surface area (Å²) in [6, 6.07) is 0. The van der Waals surface area contributed by atoms with E-state index in [2.05, 4.69) is 17.6 Å². The van der Waals surface area contributed by atoms with E-state index in [1.165, 1.54) is 30.5 Å². The third-order valence-electron chi connectivity index (χ3n) is 3.18. The molecule has 1 unspecified atom stereocenters. The van der Waals surface area contributed by atoms with Crippen LogP contribution in [0.15, 0.2) is 34.7 Å². The van der Waals surface area contributed by atoms with Crippen LogP contribution in [0.3, 0.4) is 0 Å². The number of allylic oxidation sites excluding steroid dienone is 4. The largest absolute Gasteiger partial charge is 0.372 e. The fourth-order valence-electron chi connectivity index (χ4n) is 2.11. The molecule has 1 heterocycles. The van der Waals surface area contributed by atoms with Crippen molar-refractivity contribution in [3.8, 4) is 0 Å². The van der Waals surface area contributed by atoms with Crippen molar-refractivity contribution in [3.63, 3.8) is 0 Å². The van der Waals surface area contributed by atoms with Crippen LogP contribution >= 0.6 is 11.8 Å². The SMILES string of the molecule is CCCCCC1=CSC(C2=CC=C(F)CC2)N1. The minimum atomic E-state index is 0.00729. The summed E-state index contributed by atoms with van der Waals surface area (Å²) in [6.07, 6.45) is 9.93. The highest BCUT2D eigenvalue weighted by atomic mass is 32.2. The van der Waals surface area contributed by atoms with Gasteiger partial charge in [-0.05, 0) is 36.3 Å². The van der Waals surface area contributed by atoms with Crippen molar-refractivity contribution in [3.05, 3.63) is 34.7 Å². The first-order valence-electron chi connectivity index (χ1n) is 6.45. The number of unbranched alkanes of at least 4 members (excludes halogenated alkanes) is 2. The third-order valence-corrected chi connectivity index (χ3v) is 4.29. The van der Waals surface area contributed by atoms with Crippen LogP contribution in [-0.4, -0.2) is 5.37 Å². The molecule has 1 N–H and O–H groups in total. The maximum atomic E-state index is 12.9. The lowest BCUT2D eigenvalue weighted by Crippen LogP contribution is -2.23. The highest BCUT2D eigenvalue weighted by Crippen LogP contribution is 2.33. The molecule has 94 valence electrons. The van der Waals surface area contributed by atoms with E-state index >= 15 is 0 Å². The maximum absolute atomic E-state index is 12.9. The first-order valence-corrected chi connectivity index (χ1v) is 7.40. The molecule has 0 bridgehead atoms. The Morgan fingerprint density at radius 1 is 1.35 bits per heavy atom. The summed E-state index contributed by atoms with van der Waals surface area (Å²) in [4.78, 5) is 0. The minimum Gasteiger partial charge on any atom is -0.372 e. The Bertz CT molecular complexity index is 357. The van der Waals surface area contributed by atoms with Gasteiger partial charge >= 0.3 is 0 Å². The van der Waals surface area contributed by atoms with Crippen molar-refractivity contribution in [2.75, 3.05) is 0 Å². The van der Waals surface area contributed by atoms with Crippen molar-refractivity contribution < 1.29 is 4.39 Å². The van der Waals surface area contributed by atoms with Gasteiger partial charge in [0.2, 0.25) is 0 Å². The van der Waals surface area contributed by atoms with Crippen LogP contribution in [0.4, 0.5) is 4.39 Å². The molecule has 0 amide bonds. The van der Waals surface area contributed by atoms with Gasteiger partial charge in [-0.15, -0.1) is 11.8 Å². The third kappa shape index (κ3) is 3.63. The van der Waals surface area contributed by atoms with Crippen LogP contribution in [0.2, 0.25) is 0 Å². The van der Waals surface area contributed by atoms with Gasteiger partial charge in [0, 0.05) is 12.1 Å². The van der Waals surface area contributed by atoms with Gasteiger partial charge in [-0.25, -0.2) is 4.39 Å². The zero-order valence-electron chi connectivity index (χ0n) is 10.3. The molecule has 1 nitrogen and oxygen atoms in total. The van der Waals surface area contributed by atoms with E-state index in [4.69, 9.17) is 0 Å². The minimum absolute atomic E-state index is 0.00729. The Morgan fingerprint density at radius 2 is 2.24 bits per heavy atom. The normalized spacial score (nSPS) is 23.9. The molecule has 0 aromatic heterocycles. The second-order valence-electron chi connectivity index (χ2n) is 4.62. The Kier molecular flexibility index (Phi) is 4.72. The van der Waals surface area contributed by atoms with Gasteiger partial charge in [0.05, 0.1) is 5.37 Å². The monoisotopic (exact) mass is 253 g/mol. The molecule has 0 aromatic rings. The molecule has 0 radical (unpaired) electrons. The topological polar surface area (TPSA) is 12.0 Å². The number of hydrogen-bond donors (Lipinski definition) is 1. The van der Waals surface area contributed by atoms with Crippen molar-refractivity contribution in [1.82, 2.24) is 5.32 Å². The predicted molar refractivity (Wildman–Crippen MR) is 73.2 cm³/mol. The Labute approximate surface area is 107 Å². The van der Waals surface area contributed by atoms with Crippen LogP contribution in [0.5, 0.6) is 0 Å². The quantitative estimate of drug-likeness (QED) is 0.716. The number of halogens is 1. The second kappa shape index (κ2) is 6.29. The molecule has 0 aromatic carbocycles. The standard InChI is InChI=1S/C14H20FNS/c1-2-3-4-5-13-10-17-14(16-13)11-6-8-12(15)9-7-11/h6,8,10,14,16H,2-5,7,9H2,1H3. The number of nitrogens with one attached hydrogen (secondary N) is 1. The first kappa shape index (κ1) is 12.7. The second-order valence-corrected chi connectivity index (χ2v) is 5.60. The molecule has 0 saturated heterocycles. The van der Waals surface area contributed by atoms with E-state index in [0.717, 1.165) is 12.8 Å². The number of rotatable bonds is 5. The zero-order valence-corrected chi connectivity index (χ0v) is 11.2. The Morgan fingerprint density at radius 3 is 2.94 bits per heavy atom. The van der Waals surface area contributed by atoms with Crippen LogP contribution < -0.4 is 5.32 Å². The zero-order chi connectivity index (χ0) is 12.1. The fourth-order valence-corrected chi connectivity index (χ4v) is 3.19. The predicted octanol–water partition coefficient (Wildman–Crippen LogP) is 4.64. The average molecular weight is 253 g/mol.